The van der Waals surface area contributed by atoms with Crippen molar-refractivity contribution in [1.82, 2.24) is 0 Å². The average molecular weight is 287 g/mol. The standard InChI is InChI=1S/C7H8Cl2F4O3/c8-6(10,11)5(7(9,12)13)15-3-4(16-5)1-2-14/h4,14H,1-3H2. The van der Waals surface area contributed by atoms with Crippen LogP contribution in [0.3, 0.4) is 0 Å². The SMILES string of the molecule is OCCC1COC(C(F)(F)Cl)(C(F)(F)Cl)O1. The van der Waals surface area contributed by atoms with Gasteiger partial charge in [0.1, 0.15) is 0 Å². The van der Waals surface area contributed by atoms with E-state index in [2.05, 4.69) is 32.7 Å². The number of halogens is 6. The number of hydrogen-bond acceptors (Lipinski definition) is 3. The molecule has 0 saturated carbocycles. The van der Waals surface area contributed by atoms with Crippen molar-refractivity contribution >= 4 is 23.2 Å². The summed E-state index contributed by atoms with van der Waals surface area (Å²) in [4.78, 5) is 0. The van der Waals surface area contributed by atoms with Crippen molar-refractivity contribution in [3.63, 3.8) is 0 Å². The second kappa shape index (κ2) is 4.45. The predicted octanol–water partition coefficient (Wildman–Crippen LogP) is 2.14. The van der Waals surface area contributed by atoms with Gasteiger partial charge in [-0.1, -0.05) is 0 Å². The highest BCUT2D eigenvalue weighted by atomic mass is 35.5. The summed E-state index contributed by atoms with van der Waals surface area (Å²) in [6.45, 7) is -0.975. The fourth-order valence-electron chi connectivity index (χ4n) is 1.26. The van der Waals surface area contributed by atoms with Crippen LogP contribution in [0.1, 0.15) is 6.42 Å². The first-order valence-electron chi connectivity index (χ1n) is 4.20. The van der Waals surface area contributed by atoms with E-state index in [1.54, 1.807) is 0 Å². The van der Waals surface area contributed by atoms with Crippen LogP contribution in [0, 0.1) is 0 Å². The van der Waals surface area contributed by atoms with Gasteiger partial charge in [-0.15, -0.1) is 0 Å². The normalized spacial score (nSPS) is 26.1. The van der Waals surface area contributed by atoms with Gasteiger partial charge >= 0.3 is 16.6 Å². The van der Waals surface area contributed by atoms with Crippen LogP contribution in [-0.4, -0.2) is 41.0 Å². The van der Waals surface area contributed by atoms with Crippen molar-refractivity contribution in [2.45, 2.75) is 29.1 Å². The monoisotopic (exact) mass is 286 g/mol. The van der Waals surface area contributed by atoms with Gasteiger partial charge in [0, 0.05) is 6.61 Å². The summed E-state index contributed by atoms with van der Waals surface area (Å²) >= 11 is 9.07. The van der Waals surface area contributed by atoms with Crippen molar-refractivity contribution in [3.05, 3.63) is 0 Å². The Kier molecular flexibility index (Phi) is 3.96. The lowest BCUT2D eigenvalue weighted by Crippen LogP contribution is -2.57. The van der Waals surface area contributed by atoms with E-state index in [1.807, 2.05) is 0 Å². The zero-order chi connectivity index (χ0) is 12.6. The van der Waals surface area contributed by atoms with Crippen LogP contribution >= 0.6 is 23.2 Å². The molecule has 1 saturated heterocycles. The van der Waals surface area contributed by atoms with Gasteiger partial charge in [0.05, 0.1) is 12.7 Å². The first-order valence-corrected chi connectivity index (χ1v) is 4.96. The summed E-state index contributed by atoms with van der Waals surface area (Å²) in [6.07, 6.45) is -1.25. The van der Waals surface area contributed by atoms with Crippen LogP contribution in [0.25, 0.3) is 0 Å². The Hall–Kier alpha value is 0.180. The molecule has 0 aromatic heterocycles. The Morgan fingerprint density at radius 1 is 1.25 bits per heavy atom. The summed E-state index contributed by atoms with van der Waals surface area (Å²) in [7, 11) is 0. The smallest absolute Gasteiger partial charge is 0.382 e. The van der Waals surface area contributed by atoms with E-state index in [4.69, 9.17) is 5.11 Å². The van der Waals surface area contributed by atoms with E-state index >= 15 is 0 Å². The van der Waals surface area contributed by atoms with Crippen LogP contribution in [0.15, 0.2) is 0 Å². The third kappa shape index (κ3) is 2.38. The molecule has 0 bridgehead atoms. The van der Waals surface area contributed by atoms with Gasteiger partial charge in [0.15, 0.2) is 0 Å². The quantitative estimate of drug-likeness (QED) is 0.636. The Morgan fingerprint density at radius 2 is 1.75 bits per heavy atom. The molecule has 1 aliphatic rings. The van der Waals surface area contributed by atoms with Crippen LogP contribution in [0.5, 0.6) is 0 Å². The number of aliphatic hydroxyl groups is 1. The summed E-state index contributed by atoms with van der Waals surface area (Å²) < 4.78 is 60.1. The second-order valence-electron chi connectivity index (χ2n) is 3.18. The molecule has 0 aromatic rings. The molecule has 1 atom stereocenters. The Balaban J connectivity index is 2.93. The maximum absolute atomic E-state index is 12.9. The number of aliphatic hydroxyl groups excluding tert-OH is 1. The molecule has 0 aliphatic carbocycles. The third-order valence-corrected chi connectivity index (χ3v) is 2.50. The molecule has 0 aromatic carbocycles. The largest absolute Gasteiger partial charge is 0.396 e. The highest BCUT2D eigenvalue weighted by Crippen LogP contribution is 2.52. The van der Waals surface area contributed by atoms with Crippen molar-refractivity contribution in [2.75, 3.05) is 13.2 Å². The lowest BCUT2D eigenvalue weighted by molar-refractivity contribution is -0.329. The fourth-order valence-corrected chi connectivity index (χ4v) is 1.74. The molecule has 1 fully saturated rings. The van der Waals surface area contributed by atoms with E-state index in [-0.39, 0.29) is 6.42 Å². The van der Waals surface area contributed by atoms with Gasteiger partial charge in [-0.3, -0.25) is 0 Å². The van der Waals surface area contributed by atoms with Gasteiger partial charge in [0.2, 0.25) is 0 Å². The van der Waals surface area contributed by atoms with Gasteiger partial charge in [-0.25, -0.2) is 0 Å². The molecule has 96 valence electrons. The van der Waals surface area contributed by atoms with Gasteiger partial charge in [-0.2, -0.15) is 17.6 Å². The van der Waals surface area contributed by atoms with Crippen LogP contribution in [0.4, 0.5) is 17.6 Å². The molecule has 1 unspecified atom stereocenters. The minimum Gasteiger partial charge on any atom is -0.396 e. The molecule has 0 spiro atoms. The molecule has 1 aliphatic heterocycles. The molecular formula is C7H8Cl2F4O3. The molecule has 1 heterocycles. The summed E-state index contributed by atoms with van der Waals surface area (Å²) in [6, 6.07) is 0. The zero-order valence-electron chi connectivity index (χ0n) is 7.73. The average Bonchev–Trinajstić information content (AvgIpc) is 2.47. The summed E-state index contributed by atoms with van der Waals surface area (Å²) in [5.74, 6) is -3.71. The fraction of sp³-hybridized carbons (Fsp3) is 1.00. The van der Waals surface area contributed by atoms with Crippen molar-refractivity contribution in [3.8, 4) is 0 Å². The number of ether oxygens (including phenoxy) is 2. The Bertz CT molecular complexity index is 239. The van der Waals surface area contributed by atoms with Crippen LogP contribution in [-0.2, 0) is 9.47 Å². The van der Waals surface area contributed by atoms with E-state index in [1.165, 1.54) is 0 Å². The van der Waals surface area contributed by atoms with Gasteiger partial charge in [0.25, 0.3) is 0 Å². The van der Waals surface area contributed by atoms with Gasteiger partial charge < -0.3 is 14.6 Å². The molecule has 16 heavy (non-hydrogen) atoms. The molecule has 9 heteroatoms. The highest BCUT2D eigenvalue weighted by molar-refractivity contribution is 6.26. The molecule has 1 N–H and O–H groups in total. The first-order chi connectivity index (χ1) is 7.14. The number of rotatable bonds is 4. The summed E-state index contributed by atoms with van der Waals surface area (Å²) in [5.41, 5.74) is 0. The molecule has 1 rings (SSSR count). The van der Waals surface area contributed by atoms with E-state index < -0.39 is 35.9 Å². The maximum Gasteiger partial charge on any atom is 0.382 e. The van der Waals surface area contributed by atoms with E-state index in [0.29, 0.717) is 0 Å². The van der Waals surface area contributed by atoms with Crippen molar-refractivity contribution < 1.29 is 32.1 Å². The zero-order valence-corrected chi connectivity index (χ0v) is 9.24. The lowest BCUT2D eigenvalue weighted by atomic mass is 10.3. The van der Waals surface area contributed by atoms with Gasteiger partial charge in [-0.05, 0) is 29.6 Å². The molecular weight excluding hydrogens is 279 g/mol. The van der Waals surface area contributed by atoms with Crippen LogP contribution in [0.2, 0.25) is 0 Å². The third-order valence-electron chi connectivity index (χ3n) is 2.00. The minimum absolute atomic E-state index is 0.137. The van der Waals surface area contributed by atoms with Crippen molar-refractivity contribution in [1.29, 1.82) is 0 Å². The highest BCUT2D eigenvalue weighted by Gasteiger charge is 2.73. The Labute approximate surface area is 98.2 Å². The first kappa shape index (κ1) is 14.2. The van der Waals surface area contributed by atoms with E-state index in [0.717, 1.165) is 0 Å². The van der Waals surface area contributed by atoms with E-state index in [9.17, 15) is 17.6 Å². The predicted molar refractivity (Wildman–Crippen MR) is 46.9 cm³/mol. The molecule has 0 radical (unpaired) electrons. The maximum atomic E-state index is 12.9. The number of hydrogen-bond donors (Lipinski definition) is 1. The molecule has 0 amide bonds. The van der Waals surface area contributed by atoms with Crippen LogP contribution < -0.4 is 0 Å². The second-order valence-corrected chi connectivity index (χ2v) is 4.12. The Morgan fingerprint density at radius 3 is 2.06 bits per heavy atom. The number of alkyl halides is 6. The van der Waals surface area contributed by atoms with Crippen molar-refractivity contribution in [2.24, 2.45) is 0 Å². The molecule has 3 nitrogen and oxygen atoms in total. The summed E-state index contributed by atoms with van der Waals surface area (Å²) in [5, 5.41) is -0.469. The minimum atomic E-state index is -4.50. The lowest BCUT2D eigenvalue weighted by Gasteiger charge is -2.34. The topological polar surface area (TPSA) is 38.7 Å².